The van der Waals surface area contributed by atoms with Crippen molar-refractivity contribution in [2.45, 2.75) is 31.6 Å². The van der Waals surface area contributed by atoms with E-state index < -0.39 is 0 Å². The number of carbonyl (C=O) groups is 1. The fraction of sp³-hybridized carbons (Fsp3) is 0.562. The van der Waals surface area contributed by atoms with Crippen molar-refractivity contribution in [3.63, 3.8) is 0 Å². The van der Waals surface area contributed by atoms with E-state index in [4.69, 9.17) is 4.74 Å². The lowest BCUT2D eigenvalue weighted by molar-refractivity contribution is -0.144. The Morgan fingerprint density at radius 1 is 1.26 bits per heavy atom. The molecule has 2 aliphatic rings. The Hall–Kier alpha value is -1.35. The Morgan fingerprint density at radius 2 is 2.00 bits per heavy atom. The van der Waals surface area contributed by atoms with Crippen LogP contribution in [0.4, 0.5) is 0 Å². The molecule has 1 saturated heterocycles. The zero-order chi connectivity index (χ0) is 13.3. The number of carbonyl (C=O) groups excluding carboxylic acids is 1. The molecular weight excluding hydrogens is 238 g/mol. The lowest BCUT2D eigenvalue weighted by Gasteiger charge is -2.46. The minimum absolute atomic E-state index is 0.143. The largest absolute Gasteiger partial charge is 0.370 e. The van der Waals surface area contributed by atoms with E-state index in [1.165, 1.54) is 30.4 Å². The first-order chi connectivity index (χ1) is 9.20. The van der Waals surface area contributed by atoms with Gasteiger partial charge >= 0.3 is 0 Å². The normalized spacial score (nSPS) is 22.2. The highest BCUT2D eigenvalue weighted by Gasteiger charge is 2.41. The summed E-state index contributed by atoms with van der Waals surface area (Å²) >= 11 is 0. The summed E-state index contributed by atoms with van der Waals surface area (Å²) in [5.74, 6) is 0.143. The van der Waals surface area contributed by atoms with Crippen LogP contribution in [-0.4, -0.2) is 37.1 Å². The molecule has 0 unspecified atom stereocenters. The summed E-state index contributed by atoms with van der Waals surface area (Å²) in [4.78, 5) is 13.9. The molecule has 1 amide bonds. The lowest BCUT2D eigenvalue weighted by atomic mass is 9.64. The van der Waals surface area contributed by atoms with Gasteiger partial charge in [-0.2, -0.15) is 0 Å². The molecule has 1 saturated carbocycles. The molecule has 19 heavy (non-hydrogen) atoms. The molecule has 102 valence electrons. The van der Waals surface area contributed by atoms with E-state index in [-0.39, 0.29) is 17.9 Å². The summed E-state index contributed by atoms with van der Waals surface area (Å²) in [5, 5.41) is 0. The highest BCUT2D eigenvalue weighted by Crippen LogP contribution is 2.44. The quantitative estimate of drug-likeness (QED) is 0.833. The summed E-state index contributed by atoms with van der Waals surface area (Å²) in [5.41, 5.74) is 2.88. The molecule has 3 nitrogen and oxygen atoms in total. The van der Waals surface area contributed by atoms with Gasteiger partial charge < -0.3 is 9.64 Å². The molecule has 1 aliphatic carbocycles. The Kier molecular flexibility index (Phi) is 3.31. The molecule has 0 bridgehead atoms. The highest BCUT2D eigenvalue weighted by atomic mass is 16.5. The van der Waals surface area contributed by atoms with Crippen LogP contribution in [0.15, 0.2) is 24.3 Å². The van der Waals surface area contributed by atoms with E-state index in [1.807, 2.05) is 4.90 Å². The summed E-state index contributed by atoms with van der Waals surface area (Å²) in [6.45, 7) is 4.65. The second-order valence-electron chi connectivity index (χ2n) is 5.87. The van der Waals surface area contributed by atoms with Crippen molar-refractivity contribution in [3.05, 3.63) is 35.4 Å². The van der Waals surface area contributed by atoms with Gasteiger partial charge in [0.2, 0.25) is 5.91 Å². The number of nitrogens with zero attached hydrogens (tertiary/aromatic N) is 1. The molecule has 0 radical (unpaired) electrons. The van der Waals surface area contributed by atoms with E-state index in [0.29, 0.717) is 6.61 Å². The molecule has 3 heteroatoms. The van der Waals surface area contributed by atoms with Crippen LogP contribution in [0.3, 0.4) is 0 Å². The topological polar surface area (TPSA) is 29.5 Å². The van der Waals surface area contributed by atoms with Gasteiger partial charge in [0.25, 0.3) is 0 Å². The van der Waals surface area contributed by atoms with Crippen LogP contribution < -0.4 is 0 Å². The molecule has 2 fully saturated rings. The number of hydrogen-bond donors (Lipinski definition) is 0. The van der Waals surface area contributed by atoms with Gasteiger partial charge in [-0.3, -0.25) is 4.79 Å². The van der Waals surface area contributed by atoms with Crippen molar-refractivity contribution in [2.24, 2.45) is 0 Å². The Balaban J connectivity index is 1.79. The fourth-order valence-corrected chi connectivity index (χ4v) is 3.13. The van der Waals surface area contributed by atoms with Crippen LogP contribution in [-0.2, 0) is 14.9 Å². The van der Waals surface area contributed by atoms with Crippen LogP contribution in [0.25, 0.3) is 0 Å². The van der Waals surface area contributed by atoms with Crippen molar-refractivity contribution < 1.29 is 9.53 Å². The van der Waals surface area contributed by atoms with Gasteiger partial charge in [0.15, 0.2) is 0 Å². The first-order valence-electron chi connectivity index (χ1n) is 7.12. The molecule has 0 N–H and O–H groups in total. The molecule has 1 aromatic carbocycles. The zero-order valence-electron chi connectivity index (χ0n) is 11.5. The number of rotatable bonds is 3. The minimum Gasteiger partial charge on any atom is -0.370 e. The molecule has 1 aromatic rings. The number of aryl methyl sites for hydroxylation is 1. The second kappa shape index (κ2) is 4.97. The maximum absolute atomic E-state index is 11.9. The number of amides is 1. The summed E-state index contributed by atoms with van der Waals surface area (Å²) in [7, 11) is 0. The fourth-order valence-electron chi connectivity index (χ4n) is 3.13. The summed E-state index contributed by atoms with van der Waals surface area (Å²) < 4.78 is 5.21. The number of benzene rings is 1. The number of ether oxygens (including phenoxy) is 1. The van der Waals surface area contributed by atoms with Crippen LogP contribution in [0.2, 0.25) is 0 Å². The Morgan fingerprint density at radius 3 is 2.58 bits per heavy atom. The predicted molar refractivity (Wildman–Crippen MR) is 74.1 cm³/mol. The first-order valence-corrected chi connectivity index (χ1v) is 7.12. The van der Waals surface area contributed by atoms with Crippen molar-refractivity contribution >= 4 is 5.91 Å². The predicted octanol–water partition coefficient (Wildman–Crippen LogP) is 2.28. The van der Waals surface area contributed by atoms with Crippen molar-refractivity contribution in [1.29, 1.82) is 0 Å². The third-order valence-electron chi connectivity index (χ3n) is 4.55. The average molecular weight is 259 g/mol. The van der Waals surface area contributed by atoms with Crippen LogP contribution in [0.5, 0.6) is 0 Å². The molecule has 0 atom stereocenters. The Bertz CT molecular complexity index is 462. The summed E-state index contributed by atoms with van der Waals surface area (Å²) in [6.07, 6.45) is 3.66. The third-order valence-corrected chi connectivity index (χ3v) is 4.55. The van der Waals surface area contributed by atoms with Gasteiger partial charge in [-0.05, 0) is 25.3 Å². The first kappa shape index (κ1) is 12.7. The van der Waals surface area contributed by atoms with Crippen molar-refractivity contribution in [1.82, 2.24) is 4.90 Å². The standard InChI is InChI=1S/C16H21NO2/c1-13-3-5-14(6-4-13)16(7-2-8-16)12-17-9-10-19-11-15(17)18/h3-6H,2,7-12H2,1H3. The van der Waals surface area contributed by atoms with E-state index in [2.05, 4.69) is 31.2 Å². The van der Waals surface area contributed by atoms with Crippen molar-refractivity contribution in [2.75, 3.05) is 26.3 Å². The maximum Gasteiger partial charge on any atom is 0.248 e. The van der Waals surface area contributed by atoms with Gasteiger partial charge in [-0.15, -0.1) is 0 Å². The van der Waals surface area contributed by atoms with Crippen LogP contribution >= 0.6 is 0 Å². The maximum atomic E-state index is 11.9. The molecule has 0 aromatic heterocycles. The lowest BCUT2D eigenvalue weighted by Crippen LogP contribution is -2.51. The van der Waals surface area contributed by atoms with Crippen LogP contribution in [0.1, 0.15) is 30.4 Å². The minimum atomic E-state index is 0.143. The summed E-state index contributed by atoms with van der Waals surface area (Å²) in [6, 6.07) is 8.83. The second-order valence-corrected chi connectivity index (χ2v) is 5.87. The monoisotopic (exact) mass is 259 g/mol. The third kappa shape index (κ3) is 2.39. The van der Waals surface area contributed by atoms with Gasteiger partial charge in [0, 0.05) is 18.5 Å². The SMILES string of the molecule is Cc1ccc(C2(CN3CCOCC3=O)CCC2)cc1. The average Bonchev–Trinajstić information content (AvgIpc) is 2.37. The highest BCUT2D eigenvalue weighted by molar-refractivity contribution is 5.78. The zero-order valence-corrected chi connectivity index (χ0v) is 11.5. The van der Waals surface area contributed by atoms with Crippen molar-refractivity contribution in [3.8, 4) is 0 Å². The van der Waals surface area contributed by atoms with E-state index in [9.17, 15) is 4.79 Å². The van der Waals surface area contributed by atoms with Crippen LogP contribution in [0, 0.1) is 6.92 Å². The molecule has 1 heterocycles. The molecular formula is C16H21NO2. The van der Waals surface area contributed by atoms with Gasteiger partial charge in [0.1, 0.15) is 6.61 Å². The van der Waals surface area contributed by atoms with E-state index >= 15 is 0 Å². The van der Waals surface area contributed by atoms with E-state index in [0.717, 1.165) is 13.1 Å². The number of hydrogen-bond acceptors (Lipinski definition) is 2. The molecule has 3 rings (SSSR count). The smallest absolute Gasteiger partial charge is 0.248 e. The molecule has 0 spiro atoms. The Labute approximate surface area is 114 Å². The van der Waals surface area contributed by atoms with Gasteiger partial charge in [0.05, 0.1) is 6.61 Å². The van der Waals surface area contributed by atoms with Gasteiger partial charge in [-0.1, -0.05) is 36.2 Å². The molecule has 1 aliphatic heterocycles. The number of morpholine rings is 1. The van der Waals surface area contributed by atoms with Gasteiger partial charge in [-0.25, -0.2) is 0 Å². The van der Waals surface area contributed by atoms with E-state index in [1.54, 1.807) is 0 Å².